The van der Waals surface area contributed by atoms with Crippen molar-refractivity contribution in [1.82, 2.24) is 0 Å². The Morgan fingerprint density at radius 2 is 2.07 bits per heavy atom. The van der Waals surface area contributed by atoms with Crippen LogP contribution in [-0.2, 0) is 6.42 Å². The molecule has 0 unspecified atom stereocenters. The molecule has 0 aliphatic heterocycles. The molecule has 0 saturated heterocycles. The van der Waals surface area contributed by atoms with Crippen LogP contribution in [0.4, 0.5) is 8.78 Å². The maximum Gasteiger partial charge on any atom is 0.264 e. The molecule has 0 saturated carbocycles. The Kier molecular flexibility index (Phi) is 3.45. The van der Waals surface area contributed by atoms with Crippen LogP contribution in [0.25, 0.3) is 0 Å². The van der Waals surface area contributed by atoms with Crippen LogP contribution >= 0.6 is 11.6 Å². The van der Waals surface area contributed by atoms with Crippen LogP contribution in [-0.4, -0.2) is 12.5 Å². The highest BCUT2D eigenvalue weighted by Crippen LogP contribution is 2.25. The van der Waals surface area contributed by atoms with Crippen molar-refractivity contribution in [2.45, 2.75) is 19.3 Å². The van der Waals surface area contributed by atoms with Crippen molar-refractivity contribution < 1.29 is 8.78 Å². The lowest BCUT2D eigenvalue weighted by atomic mass is 10.1. The van der Waals surface area contributed by atoms with E-state index in [1.54, 1.807) is 18.2 Å². The van der Waals surface area contributed by atoms with Gasteiger partial charge in [0.1, 0.15) is 0 Å². The van der Waals surface area contributed by atoms with E-state index < -0.39 is 18.9 Å². The minimum atomic E-state index is -2.88. The molecule has 0 amide bonds. The van der Waals surface area contributed by atoms with Crippen molar-refractivity contribution >= 4 is 11.6 Å². The summed E-state index contributed by atoms with van der Waals surface area (Å²) >= 11 is 5.82. The topological polar surface area (TPSA) is 26.0 Å². The summed E-state index contributed by atoms with van der Waals surface area (Å²) in [5.41, 5.74) is 6.33. The number of halogens is 3. The molecule has 78 valence electrons. The highest BCUT2D eigenvalue weighted by Gasteiger charge is 2.27. The van der Waals surface area contributed by atoms with Crippen LogP contribution < -0.4 is 5.73 Å². The zero-order valence-corrected chi connectivity index (χ0v) is 8.61. The molecule has 1 aromatic carbocycles. The smallest absolute Gasteiger partial charge is 0.264 e. The molecule has 0 radical (unpaired) electrons. The molecule has 0 aromatic heterocycles. The van der Waals surface area contributed by atoms with E-state index in [1.165, 1.54) is 0 Å². The lowest BCUT2D eigenvalue weighted by Gasteiger charge is -2.14. The van der Waals surface area contributed by atoms with Gasteiger partial charge < -0.3 is 5.73 Å². The first-order valence-electron chi connectivity index (χ1n) is 4.27. The van der Waals surface area contributed by atoms with E-state index in [0.717, 1.165) is 5.56 Å². The summed E-state index contributed by atoms with van der Waals surface area (Å²) in [7, 11) is 0. The number of aryl methyl sites for hydroxylation is 1. The molecule has 4 heteroatoms. The van der Waals surface area contributed by atoms with Crippen molar-refractivity contribution in [3.63, 3.8) is 0 Å². The first-order valence-corrected chi connectivity index (χ1v) is 4.65. The third kappa shape index (κ3) is 2.93. The van der Waals surface area contributed by atoms with Crippen LogP contribution in [0.3, 0.4) is 0 Å². The normalized spacial score (nSPS) is 11.8. The van der Waals surface area contributed by atoms with Gasteiger partial charge in [-0.05, 0) is 24.1 Å². The highest BCUT2D eigenvalue weighted by atomic mass is 35.5. The second-order valence-electron chi connectivity index (χ2n) is 3.33. The molecule has 0 atom stereocenters. The second kappa shape index (κ2) is 4.24. The molecular formula is C10H12ClF2N. The van der Waals surface area contributed by atoms with E-state index in [0.29, 0.717) is 10.6 Å². The van der Waals surface area contributed by atoms with Gasteiger partial charge in [0.05, 0.1) is 6.54 Å². The summed E-state index contributed by atoms with van der Waals surface area (Å²) in [6.45, 7) is 1.20. The Morgan fingerprint density at radius 1 is 1.43 bits per heavy atom. The van der Waals surface area contributed by atoms with E-state index >= 15 is 0 Å². The SMILES string of the molecule is Cc1ccc(CC(F)(F)CN)c(Cl)c1. The van der Waals surface area contributed by atoms with Gasteiger partial charge in [-0.25, -0.2) is 8.78 Å². The average molecular weight is 220 g/mol. The number of benzene rings is 1. The third-order valence-corrected chi connectivity index (χ3v) is 2.31. The van der Waals surface area contributed by atoms with Crippen molar-refractivity contribution in [3.8, 4) is 0 Å². The molecule has 1 aromatic rings. The number of hydrogen-bond acceptors (Lipinski definition) is 1. The first kappa shape index (κ1) is 11.4. The molecule has 0 fully saturated rings. The van der Waals surface area contributed by atoms with Gasteiger partial charge in [-0.2, -0.15) is 0 Å². The quantitative estimate of drug-likeness (QED) is 0.831. The van der Waals surface area contributed by atoms with Gasteiger partial charge in [-0.3, -0.25) is 0 Å². The van der Waals surface area contributed by atoms with Gasteiger partial charge in [-0.15, -0.1) is 0 Å². The highest BCUT2D eigenvalue weighted by molar-refractivity contribution is 6.31. The Morgan fingerprint density at radius 3 is 2.57 bits per heavy atom. The number of rotatable bonds is 3. The largest absolute Gasteiger partial charge is 0.325 e. The fourth-order valence-corrected chi connectivity index (χ4v) is 1.45. The zero-order valence-electron chi connectivity index (χ0n) is 7.86. The molecule has 1 rings (SSSR count). The molecule has 0 aliphatic rings. The molecule has 0 aliphatic carbocycles. The summed E-state index contributed by atoms with van der Waals surface area (Å²) < 4.78 is 25.9. The summed E-state index contributed by atoms with van der Waals surface area (Å²) in [4.78, 5) is 0. The van der Waals surface area contributed by atoms with E-state index in [9.17, 15) is 8.78 Å². The summed E-state index contributed by atoms with van der Waals surface area (Å²) in [6.07, 6.45) is -0.400. The van der Waals surface area contributed by atoms with Gasteiger partial charge in [0.25, 0.3) is 5.92 Å². The van der Waals surface area contributed by atoms with E-state index in [-0.39, 0.29) is 0 Å². The van der Waals surface area contributed by atoms with Gasteiger partial charge in [-0.1, -0.05) is 23.7 Å². The second-order valence-corrected chi connectivity index (χ2v) is 3.74. The van der Waals surface area contributed by atoms with Crippen molar-refractivity contribution in [2.24, 2.45) is 5.73 Å². The van der Waals surface area contributed by atoms with Gasteiger partial charge in [0.15, 0.2) is 0 Å². The standard InChI is InChI=1S/C10H12ClF2N/c1-7-2-3-8(9(11)4-7)5-10(12,13)6-14/h2-4H,5-6,14H2,1H3. The van der Waals surface area contributed by atoms with Crippen LogP contribution in [0.1, 0.15) is 11.1 Å². The average Bonchev–Trinajstić information content (AvgIpc) is 2.10. The molecular weight excluding hydrogens is 208 g/mol. The molecule has 0 spiro atoms. The van der Waals surface area contributed by atoms with Crippen molar-refractivity contribution in [1.29, 1.82) is 0 Å². The van der Waals surface area contributed by atoms with Crippen molar-refractivity contribution in [3.05, 3.63) is 34.3 Å². The van der Waals surface area contributed by atoms with Crippen LogP contribution in [0.2, 0.25) is 5.02 Å². The molecule has 0 bridgehead atoms. The van der Waals surface area contributed by atoms with Crippen LogP contribution in [0.15, 0.2) is 18.2 Å². The Bertz CT molecular complexity index is 326. The predicted molar refractivity (Wildman–Crippen MR) is 53.9 cm³/mol. The molecule has 14 heavy (non-hydrogen) atoms. The molecule has 0 heterocycles. The maximum absolute atomic E-state index is 12.9. The first-order chi connectivity index (χ1) is 6.44. The number of hydrogen-bond donors (Lipinski definition) is 1. The number of nitrogens with two attached hydrogens (primary N) is 1. The van der Waals surface area contributed by atoms with Crippen molar-refractivity contribution in [2.75, 3.05) is 6.54 Å². The predicted octanol–water partition coefficient (Wildman–Crippen LogP) is 2.78. The third-order valence-electron chi connectivity index (χ3n) is 1.96. The Hall–Kier alpha value is -0.670. The number of alkyl halides is 2. The van der Waals surface area contributed by atoms with Gasteiger partial charge in [0.2, 0.25) is 0 Å². The minimum absolute atomic E-state index is 0.373. The fraction of sp³-hybridized carbons (Fsp3) is 0.400. The lowest BCUT2D eigenvalue weighted by molar-refractivity contribution is 0.0115. The van der Waals surface area contributed by atoms with E-state index in [4.69, 9.17) is 17.3 Å². The lowest BCUT2D eigenvalue weighted by Crippen LogP contribution is -2.30. The van der Waals surface area contributed by atoms with Crippen LogP contribution in [0, 0.1) is 6.92 Å². The van der Waals surface area contributed by atoms with E-state index in [2.05, 4.69) is 0 Å². The monoisotopic (exact) mass is 219 g/mol. The van der Waals surface area contributed by atoms with Gasteiger partial charge in [0, 0.05) is 11.4 Å². The summed E-state index contributed by atoms with van der Waals surface area (Å²) in [5.74, 6) is -2.88. The zero-order chi connectivity index (χ0) is 10.8. The molecule has 1 nitrogen and oxygen atoms in total. The minimum Gasteiger partial charge on any atom is -0.325 e. The Labute approximate surface area is 86.9 Å². The maximum atomic E-state index is 12.9. The molecule has 2 N–H and O–H groups in total. The fourth-order valence-electron chi connectivity index (χ4n) is 1.15. The van der Waals surface area contributed by atoms with E-state index in [1.807, 2.05) is 6.92 Å². The summed E-state index contributed by atoms with van der Waals surface area (Å²) in [6, 6.07) is 5.04. The van der Waals surface area contributed by atoms with Crippen LogP contribution in [0.5, 0.6) is 0 Å². The summed E-state index contributed by atoms with van der Waals surface area (Å²) in [5, 5.41) is 0.373. The Balaban J connectivity index is 2.87. The van der Waals surface area contributed by atoms with Gasteiger partial charge >= 0.3 is 0 Å².